The van der Waals surface area contributed by atoms with Crippen molar-refractivity contribution in [2.75, 3.05) is 16.8 Å². The quantitative estimate of drug-likeness (QED) is 0.497. The molecule has 0 unspecified atom stereocenters. The Labute approximate surface area is 142 Å². The molecular weight excluding hydrogens is 326 g/mol. The molecule has 5 nitrogen and oxygen atoms in total. The highest BCUT2D eigenvalue weighted by molar-refractivity contribution is 5.83. The zero-order chi connectivity index (χ0) is 18.0. The van der Waals surface area contributed by atoms with Crippen molar-refractivity contribution in [3.63, 3.8) is 0 Å². The molecule has 3 aromatic rings. The molecule has 126 valence electrons. The van der Waals surface area contributed by atoms with Gasteiger partial charge in [-0.15, -0.1) is 0 Å². The van der Waals surface area contributed by atoms with E-state index in [0.717, 1.165) is 11.8 Å². The van der Waals surface area contributed by atoms with Crippen LogP contribution in [0.1, 0.15) is 10.4 Å². The summed E-state index contributed by atoms with van der Waals surface area (Å²) >= 11 is 0. The average molecular weight is 340 g/mol. The Kier molecular flexibility index (Phi) is 4.30. The van der Waals surface area contributed by atoms with E-state index in [1.165, 1.54) is 6.07 Å². The van der Waals surface area contributed by atoms with Crippen molar-refractivity contribution in [1.82, 2.24) is 4.98 Å². The van der Waals surface area contributed by atoms with Crippen molar-refractivity contribution in [3.05, 3.63) is 65.7 Å². The fraction of sp³-hybridized carbons (Fsp3) is 0. The number of nitrogens with one attached hydrogen (secondary N) is 1. The van der Waals surface area contributed by atoms with Crippen LogP contribution in [0.5, 0.6) is 0 Å². The third-order valence-corrected chi connectivity index (χ3v) is 3.64. The second-order valence-corrected chi connectivity index (χ2v) is 5.32. The van der Waals surface area contributed by atoms with E-state index in [4.69, 9.17) is 11.5 Å². The number of hydrogen-bond acceptors (Lipinski definition) is 5. The van der Waals surface area contributed by atoms with E-state index < -0.39 is 17.2 Å². The predicted octanol–water partition coefficient (Wildman–Crippen LogP) is 3.75. The van der Waals surface area contributed by atoms with Gasteiger partial charge in [-0.3, -0.25) is 4.79 Å². The van der Waals surface area contributed by atoms with Gasteiger partial charge >= 0.3 is 0 Å². The molecule has 0 amide bonds. The summed E-state index contributed by atoms with van der Waals surface area (Å²) in [4.78, 5) is 15.0. The van der Waals surface area contributed by atoms with Crippen molar-refractivity contribution >= 4 is 29.3 Å². The topological polar surface area (TPSA) is 94.0 Å². The van der Waals surface area contributed by atoms with Crippen LogP contribution in [-0.2, 0) is 0 Å². The zero-order valence-electron chi connectivity index (χ0n) is 13.0. The Morgan fingerprint density at radius 1 is 0.920 bits per heavy atom. The van der Waals surface area contributed by atoms with Crippen molar-refractivity contribution in [2.24, 2.45) is 0 Å². The van der Waals surface area contributed by atoms with Crippen LogP contribution in [0.25, 0.3) is 11.1 Å². The van der Waals surface area contributed by atoms with Gasteiger partial charge in [-0.1, -0.05) is 0 Å². The van der Waals surface area contributed by atoms with Gasteiger partial charge in [0.05, 0.1) is 5.56 Å². The van der Waals surface area contributed by atoms with Crippen LogP contribution in [-0.4, -0.2) is 11.3 Å². The second kappa shape index (κ2) is 6.56. The van der Waals surface area contributed by atoms with E-state index in [0.29, 0.717) is 11.5 Å². The first-order chi connectivity index (χ1) is 12.0. The molecule has 0 saturated carbocycles. The molecule has 1 heterocycles. The Morgan fingerprint density at radius 2 is 1.60 bits per heavy atom. The van der Waals surface area contributed by atoms with Crippen molar-refractivity contribution < 1.29 is 13.6 Å². The Morgan fingerprint density at radius 3 is 2.24 bits per heavy atom. The number of hydrogen-bond donors (Lipinski definition) is 3. The molecule has 1 aromatic heterocycles. The number of anilines is 4. The highest BCUT2D eigenvalue weighted by Crippen LogP contribution is 2.31. The van der Waals surface area contributed by atoms with E-state index >= 15 is 0 Å². The number of aldehydes is 1. The van der Waals surface area contributed by atoms with Gasteiger partial charge in [0.2, 0.25) is 0 Å². The Bertz CT molecular complexity index is 943. The SMILES string of the molecule is Nc1ccc(Nc2ccc(-c3ccc(F)c(C=O)c3F)c(N)n2)cc1. The number of pyridine rings is 1. The lowest BCUT2D eigenvalue weighted by Gasteiger charge is -2.11. The van der Waals surface area contributed by atoms with Crippen LogP contribution < -0.4 is 16.8 Å². The maximum absolute atomic E-state index is 14.3. The number of aromatic nitrogens is 1. The number of halogens is 2. The van der Waals surface area contributed by atoms with Crippen LogP contribution in [0.2, 0.25) is 0 Å². The highest BCUT2D eigenvalue weighted by atomic mass is 19.1. The van der Waals surface area contributed by atoms with E-state index in [2.05, 4.69) is 10.3 Å². The Hall–Kier alpha value is -3.48. The number of nitrogens with two attached hydrogens (primary N) is 2. The number of rotatable bonds is 4. The first kappa shape index (κ1) is 16.4. The van der Waals surface area contributed by atoms with Gasteiger partial charge in [0.15, 0.2) is 6.29 Å². The zero-order valence-corrected chi connectivity index (χ0v) is 13.0. The van der Waals surface area contributed by atoms with E-state index in [1.807, 2.05) is 0 Å². The third kappa shape index (κ3) is 3.25. The fourth-order valence-corrected chi connectivity index (χ4v) is 2.37. The van der Waals surface area contributed by atoms with E-state index in [-0.39, 0.29) is 23.2 Å². The molecule has 0 saturated heterocycles. The molecular formula is C18H14F2N4O. The van der Waals surface area contributed by atoms with Crippen LogP contribution in [0, 0.1) is 11.6 Å². The van der Waals surface area contributed by atoms with Gasteiger partial charge in [0.25, 0.3) is 0 Å². The summed E-state index contributed by atoms with van der Waals surface area (Å²) in [6.45, 7) is 0. The summed E-state index contributed by atoms with van der Waals surface area (Å²) in [7, 11) is 0. The van der Waals surface area contributed by atoms with Crippen LogP contribution in [0.3, 0.4) is 0 Å². The van der Waals surface area contributed by atoms with E-state index in [9.17, 15) is 13.6 Å². The van der Waals surface area contributed by atoms with Gasteiger partial charge in [0.1, 0.15) is 23.3 Å². The number of carbonyl (C=O) groups is 1. The fourth-order valence-electron chi connectivity index (χ4n) is 2.37. The Balaban J connectivity index is 1.95. The van der Waals surface area contributed by atoms with Crippen molar-refractivity contribution in [1.29, 1.82) is 0 Å². The smallest absolute Gasteiger partial charge is 0.155 e. The molecule has 0 spiro atoms. The predicted molar refractivity (Wildman–Crippen MR) is 93.5 cm³/mol. The standard InChI is InChI=1S/C18H14F2N4O/c19-15-7-5-12(17(20)14(15)9-25)13-6-8-16(24-18(13)22)23-11-3-1-10(21)2-4-11/h1-9H,21H2,(H3,22,23,24). The number of carbonyl (C=O) groups excluding carboxylic acids is 1. The molecule has 25 heavy (non-hydrogen) atoms. The minimum absolute atomic E-state index is 0.00698. The average Bonchev–Trinajstić information content (AvgIpc) is 2.59. The number of benzene rings is 2. The third-order valence-electron chi connectivity index (χ3n) is 3.64. The first-order valence-electron chi connectivity index (χ1n) is 7.32. The van der Waals surface area contributed by atoms with Gasteiger partial charge in [0, 0.05) is 22.5 Å². The normalized spacial score (nSPS) is 10.5. The molecule has 0 aliphatic rings. The van der Waals surface area contributed by atoms with Crippen molar-refractivity contribution in [2.45, 2.75) is 0 Å². The van der Waals surface area contributed by atoms with Gasteiger partial charge in [-0.05, 0) is 48.5 Å². The largest absolute Gasteiger partial charge is 0.399 e. The van der Waals surface area contributed by atoms with Crippen molar-refractivity contribution in [3.8, 4) is 11.1 Å². The van der Waals surface area contributed by atoms with Crippen LogP contribution >= 0.6 is 0 Å². The van der Waals surface area contributed by atoms with Gasteiger partial charge in [-0.2, -0.15) is 0 Å². The van der Waals surface area contributed by atoms with Crippen LogP contribution in [0.4, 0.5) is 31.8 Å². The van der Waals surface area contributed by atoms with Gasteiger partial charge in [-0.25, -0.2) is 13.8 Å². The monoisotopic (exact) mass is 340 g/mol. The molecule has 7 heteroatoms. The molecule has 3 rings (SSSR count). The summed E-state index contributed by atoms with van der Waals surface area (Å²) in [6.07, 6.45) is 0.134. The van der Waals surface area contributed by atoms with Gasteiger partial charge < -0.3 is 16.8 Å². The number of nitrogens with zero attached hydrogens (tertiary/aromatic N) is 1. The molecule has 2 aromatic carbocycles. The minimum atomic E-state index is -0.970. The molecule has 0 bridgehead atoms. The molecule has 0 fully saturated rings. The lowest BCUT2D eigenvalue weighted by molar-refractivity contribution is 0.111. The first-order valence-corrected chi connectivity index (χ1v) is 7.32. The molecule has 0 radical (unpaired) electrons. The summed E-state index contributed by atoms with van der Waals surface area (Å²) in [5.74, 6) is -1.40. The molecule has 0 atom stereocenters. The van der Waals surface area contributed by atoms with Crippen LogP contribution in [0.15, 0.2) is 48.5 Å². The summed E-state index contributed by atoms with van der Waals surface area (Å²) in [5.41, 5.74) is 12.6. The maximum atomic E-state index is 14.3. The molecule has 0 aliphatic heterocycles. The summed E-state index contributed by atoms with van der Waals surface area (Å²) in [5, 5.41) is 3.04. The lowest BCUT2D eigenvalue weighted by Crippen LogP contribution is -2.02. The maximum Gasteiger partial charge on any atom is 0.155 e. The summed E-state index contributed by atoms with van der Waals surface area (Å²) < 4.78 is 27.7. The second-order valence-electron chi connectivity index (χ2n) is 5.32. The summed E-state index contributed by atoms with van der Waals surface area (Å²) in [6, 6.07) is 12.4. The van der Waals surface area contributed by atoms with E-state index in [1.54, 1.807) is 36.4 Å². The minimum Gasteiger partial charge on any atom is -0.399 e. The molecule has 5 N–H and O–H groups in total. The molecule has 0 aliphatic carbocycles. The lowest BCUT2D eigenvalue weighted by atomic mass is 10.0. The highest BCUT2D eigenvalue weighted by Gasteiger charge is 2.16. The number of nitrogen functional groups attached to an aromatic ring is 2.